The SMILES string of the molecule is NC(=O)C1CNCCN1c1ccc(C(=O)O)c(F)c1F. The van der Waals surface area contributed by atoms with Crippen LogP contribution in [0.2, 0.25) is 0 Å². The fourth-order valence-electron chi connectivity index (χ4n) is 2.17. The number of amides is 1. The maximum Gasteiger partial charge on any atom is 0.338 e. The van der Waals surface area contributed by atoms with Crippen molar-refractivity contribution in [2.45, 2.75) is 6.04 Å². The van der Waals surface area contributed by atoms with E-state index >= 15 is 0 Å². The Morgan fingerprint density at radius 3 is 2.65 bits per heavy atom. The van der Waals surface area contributed by atoms with Gasteiger partial charge < -0.3 is 21.1 Å². The highest BCUT2D eigenvalue weighted by Gasteiger charge is 2.30. The second-order valence-electron chi connectivity index (χ2n) is 4.38. The number of anilines is 1. The van der Waals surface area contributed by atoms with Crippen LogP contribution in [0, 0.1) is 11.6 Å². The molecule has 4 N–H and O–H groups in total. The van der Waals surface area contributed by atoms with Gasteiger partial charge in [-0.1, -0.05) is 0 Å². The van der Waals surface area contributed by atoms with E-state index in [1.165, 1.54) is 4.90 Å². The number of benzene rings is 1. The Hall–Kier alpha value is -2.22. The molecule has 0 aromatic heterocycles. The third-order valence-corrected chi connectivity index (χ3v) is 3.17. The monoisotopic (exact) mass is 285 g/mol. The van der Waals surface area contributed by atoms with E-state index in [-0.39, 0.29) is 18.8 Å². The summed E-state index contributed by atoms with van der Waals surface area (Å²) in [6.45, 7) is 0.957. The number of primary amides is 1. The molecule has 1 atom stereocenters. The number of rotatable bonds is 3. The van der Waals surface area contributed by atoms with E-state index in [0.29, 0.717) is 6.54 Å². The summed E-state index contributed by atoms with van der Waals surface area (Å²) >= 11 is 0. The van der Waals surface area contributed by atoms with Crippen LogP contribution in [0.5, 0.6) is 0 Å². The number of carbonyl (C=O) groups is 2. The van der Waals surface area contributed by atoms with Crippen molar-refractivity contribution in [2.24, 2.45) is 5.73 Å². The van der Waals surface area contributed by atoms with Crippen molar-refractivity contribution in [1.29, 1.82) is 0 Å². The average Bonchev–Trinajstić information content (AvgIpc) is 2.41. The van der Waals surface area contributed by atoms with E-state index in [1.54, 1.807) is 0 Å². The van der Waals surface area contributed by atoms with Gasteiger partial charge in [0.25, 0.3) is 0 Å². The van der Waals surface area contributed by atoms with Crippen molar-refractivity contribution < 1.29 is 23.5 Å². The van der Waals surface area contributed by atoms with Crippen LogP contribution in [0.4, 0.5) is 14.5 Å². The van der Waals surface area contributed by atoms with Crippen LogP contribution in [0.1, 0.15) is 10.4 Å². The summed E-state index contributed by atoms with van der Waals surface area (Å²) in [6.07, 6.45) is 0. The molecule has 0 radical (unpaired) electrons. The second kappa shape index (κ2) is 5.41. The number of aromatic carboxylic acids is 1. The number of hydrogen-bond donors (Lipinski definition) is 3. The highest BCUT2D eigenvalue weighted by molar-refractivity contribution is 5.89. The smallest absolute Gasteiger partial charge is 0.338 e. The van der Waals surface area contributed by atoms with Crippen LogP contribution in [0.25, 0.3) is 0 Å². The second-order valence-corrected chi connectivity index (χ2v) is 4.38. The first-order valence-corrected chi connectivity index (χ1v) is 5.91. The van der Waals surface area contributed by atoms with Gasteiger partial charge in [-0.15, -0.1) is 0 Å². The highest BCUT2D eigenvalue weighted by atomic mass is 19.2. The lowest BCUT2D eigenvalue weighted by molar-refractivity contribution is -0.119. The number of piperazine rings is 1. The zero-order valence-corrected chi connectivity index (χ0v) is 10.4. The lowest BCUT2D eigenvalue weighted by atomic mass is 10.1. The van der Waals surface area contributed by atoms with Crippen molar-refractivity contribution in [3.8, 4) is 0 Å². The molecule has 1 saturated heterocycles. The minimum Gasteiger partial charge on any atom is -0.478 e. The van der Waals surface area contributed by atoms with Crippen molar-refractivity contribution in [2.75, 3.05) is 24.5 Å². The highest BCUT2D eigenvalue weighted by Crippen LogP contribution is 2.26. The molecule has 20 heavy (non-hydrogen) atoms. The number of nitrogens with two attached hydrogens (primary N) is 1. The number of carboxylic acids is 1. The van der Waals surface area contributed by atoms with Gasteiger partial charge >= 0.3 is 5.97 Å². The van der Waals surface area contributed by atoms with E-state index in [2.05, 4.69) is 5.32 Å². The van der Waals surface area contributed by atoms with Gasteiger partial charge in [-0.2, -0.15) is 0 Å². The Morgan fingerprint density at radius 2 is 2.05 bits per heavy atom. The standard InChI is InChI=1S/C12H13F2N3O3/c13-9-6(12(19)20)1-2-7(10(9)14)17-4-3-16-5-8(17)11(15)18/h1-2,8,16H,3-5H2,(H2,15,18)(H,19,20). The van der Waals surface area contributed by atoms with E-state index in [4.69, 9.17) is 10.8 Å². The number of halogens is 2. The van der Waals surface area contributed by atoms with Crippen molar-refractivity contribution in [3.63, 3.8) is 0 Å². The molecule has 0 saturated carbocycles. The molecule has 0 aliphatic carbocycles. The Labute approximate surface area is 113 Å². The fraction of sp³-hybridized carbons (Fsp3) is 0.333. The zero-order valence-electron chi connectivity index (χ0n) is 10.4. The molecule has 1 aliphatic rings. The molecule has 1 amide bonds. The summed E-state index contributed by atoms with van der Waals surface area (Å²) in [6, 6.07) is 1.30. The normalized spacial score (nSPS) is 18.9. The lowest BCUT2D eigenvalue weighted by Gasteiger charge is -2.36. The third-order valence-electron chi connectivity index (χ3n) is 3.17. The van der Waals surface area contributed by atoms with Crippen molar-refractivity contribution in [3.05, 3.63) is 29.3 Å². The summed E-state index contributed by atoms with van der Waals surface area (Å²) in [7, 11) is 0. The Morgan fingerprint density at radius 1 is 1.35 bits per heavy atom. The predicted octanol–water partition coefficient (Wildman–Crippen LogP) is -0.0735. The Bertz CT molecular complexity index is 565. The van der Waals surface area contributed by atoms with E-state index in [9.17, 15) is 18.4 Å². The molecule has 1 heterocycles. The summed E-state index contributed by atoms with van der Waals surface area (Å²) in [5.41, 5.74) is 4.31. The lowest BCUT2D eigenvalue weighted by Crippen LogP contribution is -2.57. The first-order chi connectivity index (χ1) is 9.43. The van der Waals surface area contributed by atoms with Gasteiger partial charge in [-0.25, -0.2) is 13.6 Å². The van der Waals surface area contributed by atoms with Crippen LogP contribution in [0.15, 0.2) is 12.1 Å². The molecule has 1 unspecified atom stereocenters. The zero-order chi connectivity index (χ0) is 14.9. The summed E-state index contributed by atoms with van der Waals surface area (Å²) < 4.78 is 27.7. The predicted molar refractivity (Wildman–Crippen MR) is 66.5 cm³/mol. The number of carboxylic acid groups (broad SMARTS) is 1. The molecule has 1 fully saturated rings. The quantitative estimate of drug-likeness (QED) is 0.722. The number of carbonyl (C=O) groups excluding carboxylic acids is 1. The number of hydrogen-bond acceptors (Lipinski definition) is 4. The maximum absolute atomic E-state index is 14.0. The van der Waals surface area contributed by atoms with Crippen molar-refractivity contribution in [1.82, 2.24) is 5.32 Å². The van der Waals surface area contributed by atoms with Crippen molar-refractivity contribution >= 4 is 17.6 Å². The summed E-state index contributed by atoms with van der Waals surface area (Å²) in [5.74, 6) is -4.96. The minimum absolute atomic E-state index is 0.169. The largest absolute Gasteiger partial charge is 0.478 e. The van der Waals surface area contributed by atoms with Gasteiger partial charge in [0.15, 0.2) is 11.6 Å². The summed E-state index contributed by atoms with van der Waals surface area (Å²) in [5, 5.41) is 11.7. The molecular weight excluding hydrogens is 272 g/mol. The van der Waals surface area contributed by atoms with E-state index in [0.717, 1.165) is 12.1 Å². The third kappa shape index (κ3) is 2.42. The molecular formula is C12H13F2N3O3. The topological polar surface area (TPSA) is 95.7 Å². The van der Waals surface area contributed by atoms with Gasteiger partial charge in [0.05, 0.1) is 11.3 Å². The molecule has 108 valence electrons. The minimum atomic E-state index is -1.56. The number of nitrogens with one attached hydrogen (secondary N) is 1. The summed E-state index contributed by atoms with van der Waals surface area (Å²) in [4.78, 5) is 23.4. The van der Waals surface area contributed by atoms with Crippen LogP contribution in [0.3, 0.4) is 0 Å². The van der Waals surface area contributed by atoms with E-state index in [1.807, 2.05) is 0 Å². The van der Waals surface area contributed by atoms with Crippen LogP contribution < -0.4 is 16.0 Å². The van der Waals surface area contributed by atoms with Crippen LogP contribution in [-0.4, -0.2) is 42.7 Å². The fourth-order valence-corrected chi connectivity index (χ4v) is 2.17. The molecule has 1 aliphatic heterocycles. The molecule has 2 rings (SSSR count). The van der Waals surface area contributed by atoms with Crippen LogP contribution in [-0.2, 0) is 4.79 Å². The first-order valence-electron chi connectivity index (χ1n) is 5.91. The van der Waals surface area contributed by atoms with Gasteiger partial charge in [0.1, 0.15) is 6.04 Å². The first kappa shape index (κ1) is 14.2. The van der Waals surface area contributed by atoms with Gasteiger partial charge in [-0.3, -0.25) is 4.79 Å². The van der Waals surface area contributed by atoms with Crippen LogP contribution >= 0.6 is 0 Å². The average molecular weight is 285 g/mol. The number of nitrogens with zero attached hydrogens (tertiary/aromatic N) is 1. The molecule has 0 bridgehead atoms. The van der Waals surface area contributed by atoms with Gasteiger partial charge in [-0.05, 0) is 12.1 Å². The molecule has 0 spiro atoms. The van der Waals surface area contributed by atoms with Gasteiger partial charge in [0, 0.05) is 19.6 Å². The maximum atomic E-state index is 14.0. The van der Waals surface area contributed by atoms with E-state index < -0.39 is 35.1 Å². The molecule has 1 aromatic carbocycles. The molecule has 1 aromatic rings. The van der Waals surface area contributed by atoms with Gasteiger partial charge in [0.2, 0.25) is 5.91 Å². The molecule has 8 heteroatoms. The Balaban J connectivity index is 2.44. The Kier molecular flexibility index (Phi) is 3.84. The molecule has 6 nitrogen and oxygen atoms in total.